The summed E-state index contributed by atoms with van der Waals surface area (Å²) in [4.78, 5) is 24.9. The lowest BCUT2D eigenvalue weighted by Gasteiger charge is -2.34. The first-order valence-electron chi connectivity index (χ1n) is 13.1. The molecule has 0 spiro atoms. The normalized spacial score (nSPS) is 24.1. The molecule has 2 N–H and O–H groups in total. The number of hydrogen-bond donors (Lipinski definition) is 1. The Hall–Kier alpha value is -3.01. The molecular formula is C27H35F2N5O3. The molecule has 3 aliphatic rings. The summed E-state index contributed by atoms with van der Waals surface area (Å²) in [6.45, 7) is 6.84. The summed E-state index contributed by atoms with van der Waals surface area (Å²) < 4.78 is 39.6. The lowest BCUT2D eigenvalue weighted by molar-refractivity contribution is 0.0553. The van der Waals surface area contributed by atoms with Crippen LogP contribution in [0.1, 0.15) is 51.0 Å². The number of ether oxygens (including phenoxy) is 2. The molecule has 2 aliphatic heterocycles. The van der Waals surface area contributed by atoms with Crippen molar-refractivity contribution in [3.05, 3.63) is 47.8 Å². The predicted molar refractivity (Wildman–Crippen MR) is 134 cm³/mol. The summed E-state index contributed by atoms with van der Waals surface area (Å²) in [5, 5.41) is 0. The van der Waals surface area contributed by atoms with Crippen LogP contribution >= 0.6 is 0 Å². The fraction of sp³-hybridized carbons (Fsp3) is 0.593. The maximum absolute atomic E-state index is 14.3. The Bertz CT molecular complexity index is 1110. The summed E-state index contributed by atoms with van der Waals surface area (Å²) >= 11 is 0. The Morgan fingerprint density at radius 1 is 1.19 bits per heavy atom. The highest BCUT2D eigenvalue weighted by atomic mass is 19.1. The van der Waals surface area contributed by atoms with Crippen LogP contribution in [-0.4, -0.2) is 65.9 Å². The minimum absolute atomic E-state index is 0.0569. The van der Waals surface area contributed by atoms with Crippen LogP contribution in [0, 0.1) is 23.0 Å². The van der Waals surface area contributed by atoms with Crippen molar-refractivity contribution in [2.75, 3.05) is 37.7 Å². The molecule has 1 amide bonds. The number of hydrogen-bond acceptors (Lipinski definition) is 7. The smallest absolute Gasteiger partial charge is 0.409 e. The van der Waals surface area contributed by atoms with Crippen molar-refractivity contribution in [2.45, 2.75) is 57.6 Å². The van der Waals surface area contributed by atoms with E-state index in [-0.39, 0.29) is 35.1 Å². The van der Waals surface area contributed by atoms with Gasteiger partial charge in [0.15, 0.2) is 5.75 Å². The summed E-state index contributed by atoms with van der Waals surface area (Å²) in [6, 6.07) is 3.09. The lowest BCUT2D eigenvalue weighted by atomic mass is 9.92. The van der Waals surface area contributed by atoms with Crippen LogP contribution < -0.4 is 15.4 Å². The molecule has 2 aromatic rings. The molecule has 1 saturated carbocycles. The van der Waals surface area contributed by atoms with Crippen molar-refractivity contribution in [1.29, 1.82) is 0 Å². The van der Waals surface area contributed by atoms with Gasteiger partial charge < -0.3 is 25.0 Å². The minimum atomic E-state index is -0.484. The number of anilines is 1. The van der Waals surface area contributed by atoms with Crippen LogP contribution in [0.2, 0.25) is 0 Å². The molecule has 0 unspecified atom stereocenters. The van der Waals surface area contributed by atoms with Gasteiger partial charge in [-0.25, -0.2) is 23.5 Å². The first-order chi connectivity index (χ1) is 17.7. The number of carbonyl (C=O) groups excluding carboxylic acids is 1. The maximum Gasteiger partial charge on any atom is 0.409 e. The fourth-order valence-corrected chi connectivity index (χ4v) is 5.20. The number of nitrogens with two attached hydrogens (primary N) is 1. The van der Waals surface area contributed by atoms with Crippen LogP contribution in [0.25, 0.3) is 0 Å². The van der Waals surface area contributed by atoms with E-state index in [0.717, 1.165) is 37.8 Å². The van der Waals surface area contributed by atoms with Gasteiger partial charge in [0.1, 0.15) is 11.6 Å². The van der Waals surface area contributed by atoms with Gasteiger partial charge in [0.2, 0.25) is 5.95 Å². The zero-order valence-corrected chi connectivity index (χ0v) is 21.4. The minimum Gasteiger partial charge on any atom is -0.487 e. The molecule has 3 heterocycles. The fourth-order valence-electron chi connectivity index (χ4n) is 5.20. The second-order valence-electron chi connectivity index (χ2n) is 11.1. The second kappa shape index (κ2) is 10.4. The van der Waals surface area contributed by atoms with E-state index in [1.54, 1.807) is 17.3 Å². The Balaban J connectivity index is 1.11. The van der Waals surface area contributed by atoms with E-state index in [2.05, 4.69) is 16.9 Å². The van der Waals surface area contributed by atoms with Gasteiger partial charge in [-0.05, 0) is 62.3 Å². The van der Waals surface area contributed by atoms with Crippen LogP contribution in [0.4, 0.5) is 19.5 Å². The molecule has 0 bridgehead atoms. The van der Waals surface area contributed by atoms with E-state index in [0.29, 0.717) is 50.4 Å². The molecule has 1 aromatic heterocycles. The van der Waals surface area contributed by atoms with Crippen molar-refractivity contribution in [3.63, 3.8) is 0 Å². The first kappa shape index (κ1) is 25.6. The third-order valence-corrected chi connectivity index (χ3v) is 8.05. The SMILES string of the molecule is C[C@H](Oc1cnc(N2C[C@H](c3cc(F)ccc3F)[C@@H](N)C2)nc1)C1CCN(C(=O)OCC2(C)CC2)CC1. The van der Waals surface area contributed by atoms with Crippen molar-refractivity contribution in [2.24, 2.45) is 17.1 Å². The highest BCUT2D eigenvalue weighted by Crippen LogP contribution is 2.45. The van der Waals surface area contributed by atoms with Gasteiger partial charge in [-0.2, -0.15) is 0 Å². The maximum atomic E-state index is 14.3. The number of amides is 1. The van der Waals surface area contributed by atoms with Crippen LogP contribution in [-0.2, 0) is 4.74 Å². The Labute approximate surface area is 216 Å². The molecule has 0 radical (unpaired) electrons. The highest BCUT2D eigenvalue weighted by Gasteiger charge is 2.39. The molecule has 2 saturated heterocycles. The average molecular weight is 516 g/mol. The molecule has 10 heteroatoms. The van der Waals surface area contributed by atoms with Gasteiger partial charge in [0.05, 0.1) is 25.1 Å². The molecule has 5 rings (SSSR count). The number of halogens is 2. The zero-order valence-electron chi connectivity index (χ0n) is 21.4. The van der Waals surface area contributed by atoms with E-state index < -0.39 is 11.6 Å². The van der Waals surface area contributed by atoms with Crippen LogP contribution in [0.3, 0.4) is 0 Å². The van der Waals surface area contributed by atoms with Gasteiger partial charge in [-0.1, -0.05) is 6.92 Å². The topological polar surface area (TPSA) is 93.8 Å². The van der Waals surface area contributed by atoms with Crippen molar-refractivity contribution in [3.8, 4) is 5.75 Å². The molecule has 37 heavy (non-hydrogen) atoms. The predicted octanol–water partition coefficient (Wildman–Crippen LogP) is 4.10. The summed E-state index contributed by atoms with van der Waals surface area (Å²) in [5.74, 6) is 0.0483. The summed E-state index contributed by atoms with van der Waals surface area (Å²) in [7, 11) is 0. The first-order valence-corrected chi connectivity index (χ1v) is 13.1. The Morgan fingerprint density at radius 3 is 2.57 bits per heavy atom. The van der Waals surface area contributed by atoms with Crippen molar-refractivity contribution >= 4 is 12.0 Å². The van der Waals surface area contributed by atoms with Gasteiger partial charge >= 0.3 is 6.09 Å². The standard InChI is InChI=1S/C27H35F2N5O3/c1-17(18-5-9-33(10-6-18)26(35)36-16-27(2)7-8-27)37-20-12-31-25(32-13-20)34-14-22(24(30)15-34)21-11-19(28)3-4-23(21)29/h3-4,11-13,17-18,22,24H,5-10,14-16,30H2,1-2H3/t17-,22+,24-/m0/s1. The highest BCUT2D eigenvalue weighted by molar-refractivity contribution is 5.67. The van der Waals surface area contributed by atoms with Crippen LogP contribution in [0.15, 0.2) is 30.6 Å². The van der Waals surface area contributed by atoms with Gasteiger partial charge in [-0.3, -0.25) is 0 Å². The van der Waals surface area contributed by atoms with E-state index >= 15 is 0 Å². The molecule has 1 aliphatic carbocycles. The summed E-state index contributed by atoms with van der Waals surface area (Å²) in [5.41, 5.74) is 6.73. The molecular weight excluding hydrogens is 480 g/mol. The average Bonchev–Trinajstić information content (AvgIpc) is 3.51. The van der Waals surface area contributed by atoms with Crippen molar-refractivity contribution in [1.82, 2.24) is 14.9 Å². The quantitative estimate of drug-likeness (QED) is 0.593. The van der Waals surface area contributed by atoms with E-state index in [1.807, 2.05) is 11.8 Å². The van der Waals surface area contributed by atoms with Crippen LogP contribution in [0.5, 0.6) is 5.75 Å². The second-order valence-corrected chi connectivity index (χ2v) is 11.1. The number of rotatable bonds is 7. The third-order valence-electron chi connectivity index (χ3n) is 8.05. The van der Waals surface area contributed by atoms with E-state index in [9.17, 15) is 13.6 Å². The number of benzene rings is 1. The lowest BCUT2D eigenvalue weighted by Crippen LogP contribution is -2.42. The number of carbonyl (C=O) groups is 1. The number of nitrogens with zero attached hydrogens (tertiary/aromatic N) is 4. The van der Waals surface area contributed by atoms with Crippen molar-refractivity contribution < 1.29 is 23.0 Å². The molecule has 1 aromatic carbocycles. The van der Waals surface area contributed by atoms with E-state index in [4.69, 9.17) is 15.2 Å². The number of piperidine rings is 1. The monoisotopic (exact) mass is 515 g/mol. The van der Waals surface area contributed by atoms with E-state index in [1.165, 1.54) is 6.07 Å². The van der Waals surface area contributed by atoms with Gasteiger partial charge in [0.25, 0.3) is 0 Å². The molecule has 8 nitrogen and oxygen atoms in total. The zero-order chi connectivity index (χ0) is 26.2. The Morgan fingerprint density at radius 2 is 1.89 bits per heavy atom. The number of likely N-dealkylation sites (tertiary alicyclic amines) is 1. The largest absolute Gasteiger partial charge is 0.487 e. The molecule has 3 atom stereocenters. The molecule has 3 fully saturated rings. The third kappa shape index (κ3) is 5.95. The van der Waals surface area contributed by atoms with Gasteiger partial charge in [0, 0.05) is 43.6 Å². The van der Waals surface area contributed by atoms with Gasteiger partial charge in [-0.15, -0.1) is 0 Å². The molecule has 200 valence electrons. The summed E-state index contributed by atoms with van der Waals surface area (Å²) in [6.07, 6.45) is 6.93. The number of aromatic nitrogens is 2. The Kier molecular flexibility index (Phi) is 7.20.